The lowest BCUT2D eigenvalue weighted by molar-refractivity contribution is 0.587. The van der Waals surface area contributed by atoms with Gasteiger partial charge in [-0.25, -0.2) is 4.98 Å². The van der Waals surface area contributed by atoms with Crippen LogP contribution in [0.3, 0.4) is 0 Å². The molecule has 2 N–H and O–H groups in total. The van der Waals surface area contributed by atoms with Crippen molar-refractivity contribution in [1.29, 1.82) is 0 Å². The predicted octanol–water partition coefficient (Wildman–Crippen LogP) is 2.79. The molecule has 1 aromatic heterocycles. The summed E-state index contributed by atoms with van der Waals surface area (Å²) in [4.78, 5) is 4.39. The van der Waals surface area contributed by atoms with Crippen LogP contribution in [0.25, 0.3) is 0 Å². The minimum Gasteiger partial charge on any atom is -0.365 e. The van der Waals surface area contributed by atoms with Gasteiger partial charge in [-0.05, 0) is 32.4 Å². The van der Waals surface area contributed by atoms with Crippen LogP contribution in [0.5, 0.6) is 0 Å². The van der Waals surface area contributed by atoms with Crippen LogP contribution < -0.4 is 10.6 Å². The van der Waals surface area contributed by atoms with Crippen LogP contribution in [-0.2, 0) is 6.54 Å². The van der Waals surface area contributed by atoms with Gasteiger partial charge in [0.2, 0.25) is 0 Å². The largest absolute Gasteiger partial charge is 0.365 e. The summed E-state index contributed by atoms with van der Waals surface area (Å²) in [5.74, 6) is 0.931. The van der Waals surface area contributed by atoms with E-state index in [1.807, 2.05) is 12.3 Å². The number of aromatic nitrogens is 1. The monoisotopic (exact) mass is 221 g/mol. The van der Waals surface area contributed by atoms with E-state index in [4.69, 9.17) is 0 Å². The molecule has 0 aliphatic carbocycles. The summed E-state index contributed by atoms with van der Waals surface area (Å²) < 4.78 is 0. The van der Waals surface area contributed by atoms with Gasteiger partial charge in [0, 0.05) is 24.3 Å². The molecule has 0 fully saturated rings. The molecule has 1 heterocycles. The minimum absolute atomic E-state index is 0.0602. The number of anilines is 1. The molecule has 90 valence electrons. The molecular formula is C13H23N3. The Bertz CT molecular complexity index is 309. The maximum absolute atomic E-state index is 4.39. The van der Waals surface area contributed by atoms with Crippen molar-refractivity contribution in [2.45, 2.75) is 52.7 Å². The van der Waals surface area contributed by atoms with Gasteiger partial charge in [-0.3, -0.25) is 0 Å². The molecule has 0 saturated heterocycles. The van der Waals surface area contributed by atoms with Crippen LogP contribution in [0.15, 0.2) is 18.3 Å². The molecule has 3 nitrogen and oxygen atoms in total. The molecule has 0 atom stereocenters. The zero-order chi connectivity index (χ0) is 12.2. The second-order valence-corrected chi connectivity index (χ2v) is 5.46. The molecule has 3 heteroatoms. The predicted molar refractivity (Wildman–Crippen MR) is 69.6 cm³/mol. The molecule has 0 spiro atoms. The first kappa shape index (κ1) is 13.0. The Morgan fingerprint density at radius 2 is 1.94 bits per heavy atom. The molecule has 0 unspecified atom stereocenters. The first-order valence-corrected chi connectivity index (χ1v) is 5.83. The third-order valence-corrected chi connectivity index (χ3v) is 2.04. The summed E-state index contributed by atoms with van der Waals surface area (Å²) in [5.41, 5.74) is 1.28. The number of rotatable bonds is 4. The van der Waals surface area contributed by atoms with Gasteiger partial charge in [-0.2, -0.15) is 0 Å². The van der Waals surface area contributed by atoms with Gasteiger partial charge in [0.05, 0.1) is 0 Å². The van der Waals surface area contributed by atoms with Crippen LogP contribution in [0.2, 0.25) is 0 Å². The molecular weight excluding hydrogens is 198 g/mol. The van der Waals surface area contributed by atoms with E-state index in [9.17, 15) is 0 Å². The van der Waals surface area contributed by atoms with Gasteiger partial charge < -0.3 is 10.6 Å². The molecule has 16 heavy (non-hydrogen) atoms. The molecule has 0 aromatic carbocycles. The van der Waals surface area contributed by atoms with E-state index < -0.39 is 0 Å². The first-order valence-electron chi connectivity index (χ1n) is 5.83. The molecule has 1 aromatic rings. The summed E-state index contributed by atoms with van der Waals surface area (Å²) >= 11 is 0. The number of hydrogen-bond donors (Lipinski definition) is 2. The lowest BCUT2D eigenvalue weighted by atomic mass is 10.1. The zero-order valence-corrected chi connectivity index (χ0v) is 11.0. The van der Waals surface area contributed by atoms with Gasteiger partial charge in [0.1, 0.15) is 5.82 Å². The Morgan fingerprint density at radius 3 is 2.38 bits per heavy atom. The zero-order valence-electron chi connectivity index (χ0n) is 11.0. The van der Waals surface area contributed by atoms with Crippen LogP contribution in [-0.4, -0.2) is 16.6 Å². The summed E-state index contributed by atoms with van der Waals surface area (Å²) in [6.07, 6.45) is 1.92. The lowest BCUT2D eigenvalue weighted by Crippen LogP contribution is -2.26. The average molecular weight is 221 g/mol. The SMILES string of the molecule is CC(C)NCc1ccc(NC(C)(C)C)nc1. The van der Waals surface area contributed by atoms with Crippen molar-refractivity contribution in [3.05, 3.63) is 23.9 Å². The summed E-state index contributed by atoms with van der Waals surface area (Å²) in [6.45, 7) is 11.5. The molecule has 0 saturated carbocycles. The maximum atomic E-state index is 4.39. The number of pyridine rings is 1. The van der Waals surface area contributed by atoms with Gasteiger partial charge in [0.25, 0.3) is 0 Å². The smallest absolute Gasteiger partial charge is 0.126 e. The van der Waals surface area contributed by atoms with Gasteiger partial charge in [0.15, 0.2) is 0 Å². The fourth-order valence-corrected chi connectivity index (χ4v) is 1.31. The van der Waals surface area contributed by atoms with Gasteiger partial charge >= 0.3 is 0 Å². The van der Waals surface area contributed by atoms with Crippen molar-refractivity contribution in [3.8, 4) is 0 Å². The fraction of sp³-hybridized carbons (Fsp3) is 0.615. The standard InChI is InChI=1S/C13H23N3/c1-10(2)14-8-11-6-7-12(15-9-11)16-13(3,4)5/h6-7,9-10,14H,8H2,1-5H3,(H,15,16). The van der Waals surface area contributed by atoms with Crippen molar-refractivity contribution in [2.24, 2.45) is 0 Å². The highest BCUT2D eigenvalue weighted by Crippen LogP contribution is 2.12. The van der Waals surface area contributed by atoms with Gasteiger partial charge in [-0.15, -0.1) is 0 Å². The normalized spacial score (nSPS) is 11.9. The first-order chi connectivity index (χ1) is 7.37. The van der Waals surface area contributed by atoms with Crippen molar-refractivity contribution in [3.63, 3.8) is 0 Å². The summed E-state index contributed by atoms with van der Waals surface area (Å²) in [7, 11) is 0. The Morgan fingerprint density at radius 1 is 1.25 bits per heavy atom. The van der Waals surface area contributed by atoms with Crippen molar-refractivity contribution in [2.75, 3.05) is 5.32 Å². The van der Waals surface area contributed by atoms with Crippen LogP contribution >= 0.6 is 0 Å². The van der Waals surface area contributed by atoms with Gasteiger partial charge in [-0.1, -0.05) is 19.9 Å². The van der Waals surface area contributed by atoms with Crippen LogP contribution in [0, 0.1) is 0 Å². The quantitative estimate of drug-likeness (QED) is 0.821. The number of hydrogen-bond acceptors (Lipinski definition) is 3. The van der Waals surface area contributed by atoms with E-state index in [0.29, 0.717) is 6.04 Å². The molecule has 0 aliphatic heterocycles. The highest BCUT2D eigenvalue weighted by molar-refractivity contribution is 5.37. The Kier molecular flexibility index (Phi) is 4.30. The Hall–Kier alpha value is -1.09. The fourth-order valence-electron chi connectivity index (χ4n) is 1.31. The van der Waals surface area contributed by atoms with E-state index in [-0.39, 0.29) is 5.54 Å². The Labute approximate surface area is 98.7 Å². The van der Waals surface area contributed by atoms with Crippen LogP contribution in [0.1, 0.15) is 40.2 Å². The maximum Gasteiger partial charge on any atom is 0.126 e. The highest BCUT2D eigenvalue weighted by atomic mass is 15.0. The molecule has 0 radical (unpaired) electrons. The second kappa shape index (κ2) is 5.30. The van der Waals surface area contributed by atoms with Crippen LogP contribution in [0.4, 0.5) is 5.82 Å². The van der Waals surface area contributed by atoms with E-state index in [0.717, 1.165) is 12.4 Å². The van der Waals surface area contributed by atoms with E-state index >= 15 is 0 Å². The van der Waals surface area contributed by atoms with E-state index in [1.54, 1.807) is 0 Å². The summed E-state index contributed by atoms with van der Waals surface area (Å²) in [5, 5.41) is 6.71. The minimum atomic E-state index is 0.0602. The van der Waals surface area contributed by atoms with Crippen molar-refractivity contribution < 1.29 is 0 Å². The third kappa shape index (κ3) is 5.12. The third-order valence-electron chi connectivity index (χ3n) is 2.04. The van der Waals surface area contributed by atoms with E-state index in [1.165, 1.54) is 5.56 Å². The topological polar surface area (TPSA) is 37.0 Å². The number of nitrogens with zero attached hydrogens (tertiary/aromatic N) is 1. The molecule has 0 aliphatic rings. The van der Waals surface area contributed by atoms with Crippen molar-refractivity contribution >= 4 is 5.82 Å². The Balaban J connectivity index is 2.54. The highest BCUT2D eigenvalue weighted by Gasteiger charge is 2.09. The van der Waals surface area contributed by atoms with Crippen molar-refractivity contribution in [1.82, 2.24) is 10.3 Å². The average Bonchev–Trinajstić information content (AvgIpc) is 2.14. The summed E-state index contributed by atoms with van der Waals surface area (Å²) in [6, 6.07) is 4.64. The number of nitrogens with one attached hydrogen (secondary N) is 2. The second-order valence-electron chi connectivity index (χ2n) is 5.46. The lowest BCUT2D eigenvalue weighted by Gasteiger charge is -2.21. The molecule has 0 bridgehead atoms. The molecule has 0 amide bonds. The van der Waals surface area contributed by atoms with E-state index in [2.05, 4.69) is 56.3 Å². The molecule has 1 rings (SSSR count).